The van der Waals surface area contributed by atoms with Crippen LogP contribution >= 0.6 is 23.2 Å². The summed E-state index contributed by atoms with van der Waals surface area (Å²) >= 11 is 12.0. The van der Waals surface area contributed by atoms with Gasteiger partial charge in [0.1, 0.15) is 24.0 Å². The highest BCUT2D eigenvalue weighted by Gasteiger charge is 2.10. The van der Waals surface area contributed by atoms with Crippen molar-refractivity contribution in [3.05, 3.63) is 99.0 Å². The van der Waals surface area contributed by atoms with E-state index in [1.165, 1.54) is 6.08 Å². The predicted molar refractivity (Wildman–Crippen MR) is 121 cm³/mol. The van der Waals surface area contributed by atoms with E-state index in [9.17, 15) is 10.1 Å². The number of hydrogen-bond acceptors (Lipinski definition) is 3. The van der Waals surface area contributed by atoms with Gasteiger partial charge in [-0.1, -0.05) is 53.5 Å². The molecule has 6 heteroatoms. The molecule has 0 aliphatic carbocycles. The second-order valence-corrected chi connectivity index (χ2v) is 7.43. The van der Waals surface area contributed by atoms with Crippen molar-refractivity contribution in [1.29, 1.82) is 5.26 Å². The van der Waals surface area contributed by atoms with Crippen LogP contribution < -0.4 is 10.1 Å². The largest absolute Gasteiger partial charge is 0.489 e. The summed E-state index contributed by atoms with van der Waals surface area (Å²) in [4.78, 5) is 12.4. The Bertz CT molecular complexity index is 1130. The van der Waals surface area contributed by atoms with Gasteiger partial charge in [0.05, 0.1) is 0 Å². The van der Waals surface area contributed by atoms with Crippen molar-refractivity contribution in [2.45, 2.75) is 13.5 Å². The molecule has 0 fully saturated rings. The van der Waals surface area contributed by atoms with Crippen LogP contribution in [0.3, 0.4) is 0 Å². The normalized spacial score (nSPS) is 10.9. The Balaban J connectivity index is 1.65. The van der Waals surface area contributed by atoms with Crippen molar-refractivity contribution >= 4 is 40.9 Å². The third-order valence-corrected chi connectivity index (χ3v) is 4.83. The number of carbonyl (C=O) groups excluding carboxylic acids is 1. The van der Waals surface area contributed by atoms with Gasteiger partial charge in [-0.15, -0.1) is 0 Å². The van der Waals surface area contributed by atoms with Crippen molar-refractivity contribution in [2.75, 3.05) is 5.32 Å². The zero-order valence-electron chi connectivity index (χ0n) is 16.2. The summed E-state index contributed by atoms with van der Waals surface area (Å²) in [5, 5.41) is 13.2. The molecule has 0 aliphatic rings. The first-order valence-corrected chi connectivity index (χ1v) is 9.87. The van der Waals surface area contributed by atoms with Crippen LogP contribution in [0.2, 0.25) is 10.0 Å². The van der Waals surface area contributed by atoms with Crippen molar-refractivity contribution in [3.8, 4) is 11.8 Å². The summed E-state index contributed by atoms with van der Waals surface area (Å²) in [5.41, 5.74) is 3.21. The molecule has 0 radical (unpaired) electrons. The van der Waals surface area contributed by atoms with Crippen LogP contribution in [0.1, 0.15) is 16.7 Å². The fourth-order valence-electron chi connectivity index (χ4n) is 2.70. The topological polar surface area (TPSA) is 62.1 Å². The van der Waals surface area contributed by atoms with Crippen LogP contribution in [0, 0.1) is 18.3 Å². The van der Waals surface area contributed by atoms with Crippen LogP contribution in [0.4, 0.5) is 5.69 Å². The average molecular weight is 437 g/mol. The first-order chi connectivity index (χ1) is 14.4. The van der Waals surface area contributed by atoms with E-state index in [0.717, 1.165) is 11.1 Å². The molecule has 0 saturated heterocycles. The molecule has 0 spiro atoms. The lowest BCUT2D eigenvalue weighted by molar-refractivity contribution is -0.112. The molecule has 3 aromatic carbocycles. The maximum Gasteiger partial charge on any atom is 0.266 e. The molecule has 0 heterocycles. The minimum absolute atomic E-state index is 0.0121. The van der Waals surface area contributed by atoms with Gasteiger partial charge < -0.3 is 10.1 Å². The molecule has 150 valence electrons. The molecular weight excluding hydrogens is 419 g/mol. The predicted octanol–water partition coefficient (Wildman–Crippen LogP) is 6.43. The highest BCUT2D eigenvalue weighted by atomic mass is 35.5. The molecule has 1 amide bonds. The summed E-state index contributed by atoms with van der Waals surface area (Å²) in [5.74, 6) is 0.182. The summed E-state index contributed by atoms with van der Waals surface area (Å²) in [6, 6.07) is 21.7. The van der Waals surface area contributed by atoms with E-state index in [1.54, 1.807) is 42.5 Å². The Morgan fingerprint density at radius 2 is 1.87 bits per heavy atom. The number of hydrogen-bond donors (Lipinski definition) is 1. The molecule has 1 N–H and O–H groups in total. The van der Waals surface area contributed by atoms with E-state index in [1.807, 2.05) is 37.3 Å². The molecule has 0 aromatic heterocycles. The summed E-state index contributed by atoms with van der Waals surface area (Å²) in [7, 11) is 0. The van der Waals surface area contributed by atoms with Crippen molar-refractivity contribution in [1.82, 2.24) is 0 Å². The minimum Gasteiger partial charge on any atom is -0.489 e. The Hall–Kier alpha value is -3.26. The van der Waals surface area contributed by atoms with Crippen molar-refractivity contribution < 1.29 is 9.53 Å². The SMILES string of the molecule is Cc1cccc(NC(=O)/C(C#N)=C\c2ccc(OCc3ccc(Cl)cc3Cl)cc2)c1. The van der Waals surface area contributed by atoms with Crippen LogP contribution in [-0.2, 0) is 11.4 Å². The highest BCUT2D eigenvalue weighted by Crippen LogP contribution is 2.23. The molecule has 30 heavy (non-hydrogen) atoms. The lowest BCUT2D eigenvalue weighted by atomic mass is 10.1. The van der Waals surface area contributed by atoms with Crippen LogP contribution in [0.25, 0.3) is 6.08 Å². The maximum absolute atomic E-state index is 12.4. The van der Waals surface area contributed by atoms with E-state index in [0.29, 0.717) is 33.7 Å². The highest BCUT2D eigenvalue weighted by molar-refractivity contribution is 6.35. The van der Waals surface area contributed by atoms with Gasteiger partial charge in [0, 0.05) is 21.3 Å². The van der Waals surface area contributed by atoms with E-state index in [-0.39, 0.29) is 5.57 Å². The number of benzene rings is 3. The third kappa shape index (κ3) is 5.87. The van der Waals surface area contributed by atoms with E-state index < -0.39 is 5.91 Å². The molecule has 3 rings (SSSR count). The molecule has 0 bridgehead atoms. The lowest BCUT2D eigenvalue weighted by Crippen LogP contribution is -2.13. The van der Waals surface area contributed by atoms with Gasteiger partial charge in [-0.25, -0.2) is 0 Å². The number of aryl methyl sites for hydroxylation is 1. The second kappa shape index (κ2) is 9.98. The Morgan fingerprint density at radius 1 is 1.10 bits per heavy atom. The van der Waals surface area contributed by atoms with E-state index in [4.69, 9.17) is 27.9 Å². The molecule has 3 aromatic rings. The number of halogens is 2. The van der Waals surface area contributed by atoms with Gasteiger partial charge in [0.15, 0.2) is 0 Å². The van der Waals surface area contributed by atoms with Gasteiger partial charge >= 0.3 is 0 Å². The molecule has 0 atom stereocenters. The molecule has 0 aliphatic heterocycles. The number of amides is 1. The third-order valence-electron chi connectivity index (χ3n) is 4.24. The summed E-state index contributed by atoms with van der Waals surface area (Å²) in [6.45, 7) is 2.23. The van der Waals surface area contributed by atoms with Gasteiger partial charge in [0.2, 0.25) is 0 Å². The van der Waals surface area contributed by atoms with Gasteiger partial charge in [-0.2, -0.15) is 5.26 Å². The monoisotopic (exact) mass is 436 g/mol. The first kappa shape index (κ1) is 21.4. The molecule has 4 nitrogen and oxygen atoms in total. The zero-order valence-corrected chi connectivity index (χ0v) is 17.7. The number of carbonyl (C=O) groups is 1. The van der Waals surface area contributed by atoms with Gasteiger partial charge in [-0.3, -0.25) is 4.79 Å². The number of nitrogens with one attached hydrogen (secondary N) is 1. The smallest absolute Gasteiger partial charge is 0.266 e. The number of ether oxygens (including phenoxy) is 1. The van der Waals surface area contributed by atoms with Crippen LogP contribution in [0.15, 0.2) is 72.3 Å². The molecular formula is C24H18Cl2N2O2. The fourth-order valence-corrected chi connectivity index (χ4v) is 3.16. The Morgan fingerprint density at radius 3 is 2.53 bits per heavy atom. The minimum atomic E-state index is -0.458. The second-order valence-electron chi connectivity index (χ2n) is 6.59. The molecule has 0 saturated carbocycles. The van der Waals surface area contributed by atoms with E-state index in [2.05, 4.69) is 5.32 Å². The summed E-state index contributed by atoms with van der Waals surface area (Å²) in [6.07, 6.45) is 1.53. The Kier molecular flexibility index (Phi) is 7.13. The lowest BCUT2D eigenvalue weighted by Gasteiger charge is -2.08. The quantitative estimate of drug-likeness (QED) is 0.357. The van der Waals surface area contributed by atoms with Crippen molar-refractivity contribution in [2.24, 2.45) is 0 Å². The Labute approximate surface area is 185 Å². The van der Waals surface area contributed by atoms with E-state index >= 15 is 0 Å². The number of rotatable bonds is 6. The average Bonchev–Trinajstić information content (AvgIpc) is 2.72. The van der Waals surface area contributed by atoms with Gasteiger partial charge in [-0.05, 0) is 60.5 Å². The van der Waals surface area contributed by atoms with Crippen LogP contribution in [0.5, 0.6) is 5.75 Å². The first-order valence-electron chi connectivity index (χ1n) is 9.11. The number of anilines is 1. The van der Waals surface area contributed by atoms with Crippen LogP contribution in [-0.4, -0.2) is 5.91 Å². The van der Waals surface area contributed by atoms with Gasteiger partial charge in [0.25, 0.3) is 5.91 Å². The number of nitrogens with zero attached hydrogens (tertiary/aromatic N) is 1. The van der Waals surface area contributed by atoms with Crippen molar-refractivity contribution in [3.63, 3.8) is 0 Å². The standard InChI is InChI=1S/C24H18Cl2N2O2/c1-16-3-2-4-21(11-16)28-24(29)19(14-27)12-17-5-9-22(10-6-17)30-15-18-7-8-20(25)13-23(18)26/h2-13H,15H2,1H3,(H,28,29)/b19-12-. The number of nitriles is 1. The zero-order chi connectivity index (χ0) is 21.5. The fraction of sp³-hybridized carbons (Fsp3) is 0.0833. The molecule has 0 unspecified atom stereocenters. The summed E-state index contributed by atoms with van der Waals surface area (Å²) < 4.78 is 5.74. The maximum atomic E-state index is 12.4.